The van der Waals surface area contributed by atoms with Gasteiger partial charge in [0.05, 0.1) is 13.2 Å². The number of hydrogen-bond donors (Lipinski definition) is 3. The second kappa shape index (κ2) is 8.76. The minimum Gasteiger partial charge on any atom is -0.494 e. The number of carboxylic acids is 1. The maximum absolute atomic E-state index is 11.5. The SMILES string of the molecule is CCOc1ccc(NC(=O)NCCOCC(=O)O)cc1. The average Bonchev–Trinajstić information content (AvgIpc) is 2.40. The van der Waals surface area contributed by atoms with E-state index in [1.54, 1.807) is 24.3 Å². The lowest BCUT2D eigenvalue weighted by atomic mass is 10.3. The topological polar surface area (TPSA) is 96.9 Å². The lowest BCUT2D eigenvalue weighted by Gasteiger charge is -2.08. The van der Waals surface area contributed by atoms with E-state index in [-0.39, 0.29) is 25.8 Å². The predicted octanol–water partition coefficient (Wildman–Crippen LogP) is 1.31. The molecule has 0 bridgehead atoms. The number of carbonyl (C=O) groups is 2. The molecule has 0 unspecified atom stereocenters. The smallest absolute Gasteiger partial charge is 0.329 e. The average molecular weight is 282 g/mol. The van der Waals surface area contributed by atoms with Crippen LogP contribution >= 0.6 is 0 Å². The number of hydrogen-bond acceptors (Lipinski definition) is 4. The van der Waals surface area contributed by atoms with Crippen molar-refractivity contribution in [2.75, 3.05) is 31.7 Å². The molecule has 0 fully saturated rings. The normalized spacial score (nSPS) is 9.85. The molecule has 7 heteroatoms. The standard InChI is InChI=1S/C13H18N2O5/c1-2-20-11-5-3-10(4-6-11)15-13(18)14-7-8-19-9-12(16)17/h3-6H,2,7-9H2,1H3,(H,16,17)(H2,14,15,18). The van der Waals surface area contributed by atoms with Crippen LogP contribution in [0.5, 0.6) is 5.75 Å². The first-order chi connectivity index (χ1) is 9.61. The van der Waals surface area contributed by atoms with Crippen molar-refractivity contribution in [1.29, 1.82) is 0 Å². The molecular weight excluding hydrogens is 264 g/mol. The quantitative estimate of drug-likeness (QED) is 0.625. The Kier molecular flexibility index (Phi) is 6.91. The first-order valence-electron chi connectivity index (χ1n) is 6.19. The molecule has 7 nitrogen and oxygen atoms in total. The fourth-order valence-electron chi connectivity index (χ4n) is 1.37. The van der Waals surface area contributed by atoms with Crippen LogP contribution < -0.4 is 15.4 Å². The molecule has 0 saturated carbocycles. The first kappa shape index (κ1) is 15.8. The number of carboxylic acid groups (broad SMARTS) is 1. The summed E-state index contributed by atoms with van der Waals surface area (Å²) in [6.07, 6.45) is 0. The maximum atomic E-state index is 11.5. The van der Waals surface area contributed by atoms with Crippen LogP contribution in [-0.2, 0) is 9.53 Å². The zero-order valence-corrected chi connectivity index (χ0v) is 11.2. The van der Waals surface area contributed by atoms with Crippen molar-refractivity contribution in [2.24, 2.45) is 0 Å². The summed E-state index contributed by atoms with van der Waals surface area (Å²) in [5.74, 6) is -0.302. The third-order valence-electron chi connectivity index (χ3n) is 2.18. The lowest BCUT2D eigenvalue weighted by molar-refractivity contribution is -0.142. The van der Waals surface area contributed by atoms with E-state index in [0.717, 1.165) is 5.75 Å². The molecule has 0 heterocycles. The van der Waals surface area contributed by atoms with Gasteiger partial charge in [-0.3, -0.25) is 0 Å². The first-order valence-corrected chi connectivity index (χ1v) is 6.19. The zero-order chi connectivity index (χ0) is 14.8. The van der Waals surface area contributed by atoms with Gasteiger partial charge in [-0.1, -0.05) is 0 Å². The van der Waals surface area contributed by atoms with E-state index < -0.39 is 5.97 Å². The number of rotatable bonds is 8. The summed E-state index contributed by atoms with van der Waals surface area (Å²) in [7, 11) is 0. The molecule has 1 aromatic carbocycles. The number of nitrogens with one attached hydrogen (secondary N) is 2. The highest BCUT2D eigenvalue weighted by Crippen LogP contribution is 2.15. The Morgan fingerprint density at radius 1 is 1.25 bits per heavy atom. The van der Waals surface area contributed by atoms with Crippen molar-refractivity contribution in [2.45, 2.75) is 6.92 Å². The molecule has 0 aromatic heterocycles. The van der Waals surface area contributed by atoms with E-state index in [4.69, 9.17) is 14.6 Å². The highest BCUT2D eigenvalue weighted by molar-refractivity contribution is 5.89. The zero-order valence-electron chi connectivity index (χ0n) is 11.2. The van der Waals surface area contributed by atoms with Gasteiger partial charge in [0.2, 0.25) is 0 Å². The molecule has 0 atom stereocenters. The Labute approximate surface area is 116 Å². The number of benzene rings is 1. The molecule has 0 aliphatic rings. The minimum absolute atomic E-state index is 0.142. The molecule has 0 saturated heterocycles. The van der Waals surface area contributed by atoms with Gasteiger partial charge in [-0.25, -0.2) is 9.59 Å². The predicted molar refractivity (Wildman–Crippen MR) is 73.1 cm³/mol. The van der Waals surface area contributed by atoms with Gasteiger partial charge in [-0.2, -0.15) is 0 Å². The molecule has 3 N–H and O–H groups in total. The Hall–Kier alpha value is -2.28. The molecule has 0 radical (unpaired) electrons. The summed E-state index contributed by atoms with van der Waals surface area (Å²) < 4.78 is 10.1. The number of aliphatic carboxylic acids is 1. The Morgan fingerprint density at radius 2 is 1.95 bits per heavy atom. The molecule has 0 spiro atoms. The minimum atomic E-state index is -1.04. The summed E-state index contributed by atoms with van der Waals surface area (Å²) >= 11 is 0. The summed E-state index contributed by atoms with van der Waals surface area (Å²) in [6, 6.07) is 6.59. The second-order valence-corrected chi connectivity index (χ2v) is 3.78. The van der Waals surface area contributed by atoms with Gasteiger partial charge in [0.15, 0.2) is 0 Å². The lowest BCUT2D eigenvalue weighted by Crippen LogP contribution is -2.31. The third-order valence-corrected chi connectivity index (χ3v) is 2.18. The summed E-state index contributed by atoms with van der Waals surface area (Å²) in [4.78, 5) is 21.7. The van der Waals surface area contributed by atoms with Crippen molar-refractivity contribution in [1.82, 2.24) is 5.32 Å². The number of amides is 2. The van der Waals surface area contributed by atoms with Crippen molar-refractivity contribution in [3.8, 4) is 5.75 Å². The highest BCUT2D eigenvalue weighted by Gasteiger charge is 2.02. The van der Waals surface area contributed by atoms with Crippen molar-refractivity contribution in [3.05, 3.63) is 24.3 Å². The van der Waals surface area contributed by atoms with E-state index in [9.17, 15) is 9.59 Å². The molecule has 0 aliphatic heterocycles. The van der Waals surface area contributed by atoms with Crippen molar-refractivity contribution >= 4 is 17.7 Å². The maximum Gasteiger partial charge on any atom is 0.329 e. The van der Waals surface area contributed by atoms with E-state index in [1.165, 1.54) is 0 Å². The van der Waals surface area contributed by atoms with Gasteiger partial charge in [0, 0.05) is 12.2 Å². The number of anilines is 1. The molecule has 0 aliphatic carbocycles. The van der Waals surface area contributed by atoms with Crippen LogP contribution in [0.1, 0.15) is 6.92 Å². The van der Waals surface area contributed by atoms with E-state index >= 15 is 0 Å². The molecule has 1 aromatic rings. The Balaban J connectivity index is 2.22. The fraction of sp³-hybridized carbons (Fsp3) is 0.385. The Bertz CT molecular complexity index is 433. The van der Waals surface area contributed by atoms with Crippen LogP contribution in [0.3, 0.4) is 0 Å². The van der Waals surface area contributed by atoms with Crippen molar-refractivity contribution in [3.63, 3.8) is 0 Å². The van der Waals surface area contributed by atoms with Crippen molar-refractivity contribution < 1.29 is 24.2 Å². The van der Waals surface area contributed by atoms with Gasteiger partial charge >= 0.3 is 12.0 Å². The van der Waals surface area contributed by atoms with Gasteiger partial charge < -0.3 is 25.2 Å². The van der Waals surface area contributed by atoms with E-state index in [1.807, 2.05) is 6.92 Å². The fourth-order valence-corrected chi connectivity index (χ4v) is 1.37. The van der Waals surface area contributed by atoms with E-state index in [2.05, 4.69) is 10.6 Å². The largest absolute Gasteiger partial charge is 0.494 e. The van der Waals surface area contributed by atoms with Gasteiger partial charge in [0.1, 0.15) is 12.4 Å². The second-order valence-electron chi connectivity index (χ2n) is 3.78. The molecular formula is C13H18N2O5. The van der Waals surface area contributed by atoms with Gasteiger partial charge in [-0.05, 0) is 31.2 Å². The number of ether oxygens (including phenoxy) is 2. The summed E-state index contributed by atoms with van der Waals surface area (Å²) in [6.45, 7) is 2.48. The molecule has 20 heavy (non-hydrogen) atoms. The third kappa shape index (κ3) is 6.60. The summed E-state index contributed by atoms with van der Waals surface area (Å²) in [5.41, 5.74) is 0.636. The van der Waals surface area contributed by atoms with Gasteiger partial charge in [-0.15, -0.1) is 0 Å². The Morgan fingerprint density at radius 3 is 2.55 bits per heavy atom. The van der Waals surface area contributed by atoms with Crippen LogP contribution in [0.2, 0.25) is 0 Å². The molecule has 2 amide bonds. The molecule has 1 rings (SSSR count). The monoisotopic (exact) mass is 282 g/mol. The highest BCUT2D eigenvalue weighted by atomic mass is 16.5. The number of urea groups is 1. The summed E-state index contributed by atoms with van der Waals surface area (Å²) in [5, 5.41) is 13.5. The number of carbonyl (C=O) groups excluding carboxylic acids is 1. The van der Waals surface area contributed by atoms with Crippen LogP contribution in [0.4, 0.5) is 10.5 Å². The van der Waals surface area contributed by atoms with Crippen LogP contribution in [-0.4, -0.2) is 43.5 Å². The molecule has 110 valence electrons. The van der Waals surface area contributed by atoms with Crippen LogP contribution in [0.25, 0.3) is 0 Å². The van der Waals surface area contributed by atoms with Crippen LogP contribution in [0, 0.1) is 0 Å². The van der Waals surface area contributed by atoms with Gasteiger partial charge in [0.25, 0.3) is 0 Å². The van der Waals surface area contributed by atoms with E-state index in [0.29, 0.717) is 12.3 Å². The van der Waals surface area contributed by atoms with Crippen LogP contribution in [0.15, 0.2) is 24.3 Å².